The SMILES string of the molecule is O=C(NC1CCCCC1)C1CCCN(c2cc(-n3cccn3)ncn2)C1. The van der Waals surface area contributed by atoms with Crippen molar-refractivity contribution in [1.82, 2.24) is 25.1 Å². The summed E-state index contributed by atoms with van der Waals surface area (Å²) in [5.41, 5.74) is 0. The van der Waals surface area contributed by atoms with E-state index in [9.17, 15) is 4.79 Å². The third-order valence-corrected chi connectivity index (χ3v) is 5.45. The number of aromatic nitrogens is 4. The molecule has 138 valence electrons. The zero-order chi connectivity index (χ0) is 17.8. The Bertz CT molecular complexity index is 725. The van der Waals surface area contributed by atoms with E-state index >= 15 is 0 Å². The van der Waals surface area contributed by atoms with Crippen molar-refractivity contribution in [3.63, 3.8) is 0 Å². The fourth-order valence-electron chi connectivity index (χ4n) is 4.00. The van der Waals surface area contributed by atoms with Crippen molar-refractivity contribution in [1.29, 1.82) is 0 Å². The second kappa shape index (κ2) is 7.85. The van der Waals surface area contributed by atoms with Gasteiger partial charge in [0.25, 0.3) is 0 Å². The maximum atomic E-state index is 12.7. The number of nitrogens with one attached hydrogen (secondary N) is 1. The molecule has 2 fully saturated rings. The number of nitrogens with zero attached hydrogens (tertiary/aromatic N) is 5. The van der Waals surface area contributed by atoms with E-state index in [0.717, 1.165) is 43.9 Å². The Labute approximate surface area is 153 Å². The molecule has 7 heteroatoms. The molecule has 3 heterocycles. The van der Waals surface area contributed by atoms with Gasteiger partial charge in [-0.2, -0.15) is 5.10 Å². The second-order valence-electron chi connectivity index (χ2n) is 7.31. The highest BCUT2D eigenvalue weighted by Gasteiger charge is 2.28. The number of hydrogen-bond acceptors (Lipinski definition) is 5. The number of hydrogen-bond donors (Lipinski definition) is 1. The molecule has 1 atom stereocenters. The molecular weight excluding hydrogens is 328 g/mol. The number of carbonyl (C=O) groups is 1. The molecule has 1 unspecified atom stereocenters. The van der Waals surface area contributed by atoms with Gasteiger partial charge in [0.05, 0.1) is 5.92 Å². The fraction of sp³-hybridized carbons (Fsp3) is 0.579. The third kappa shape index (κ3) is 3.86. The van der Waals surface area contributed by atoms with Crippen LogP contribution in [0.15, 0.2) is 30.9 Å². The minimum atomic E-state index is 0.0359. The molecular formula is C19H26N6O. The predicted molar refractivity (Wildman–Crippen MR) is 99.1 cm³/mol. The van der Waals surface area contributed by atoms with Crippen molar-refractivity contribution in [2.45, 2.75) is 51.0 Å². The van der Waals surface area contributed by atoms with Crippen LogP contribution in [0.25, 0.3) is 5.82 Å². The molecule has 1 saturated heterocycles. The van der Waals surface area contributed by atoms with E-state index in [0.29, 0.717) is 12.6 Å². The Hall–Kier alpha value is -2.44. The van der Waals surface area contributed by atoms with Gasteiger partial charge in [-0.3, -0.25) is 4.79 Å². The van der Waals surface area contributed by atoms with Crippen LogP contribution in [0.2, 0.25) is 0 Å². The van der Waals surface area contributed by atoms with Crippen molar-refractivity contribution in [3.05, 3.63) is 30.9 Å². The molecule has 26 heavy (non-hydrogen) atoms. The number of amides is 1. The highest BCUT2D eigenvalue weighted by molar-refractivity contribution is 5.79. The molecule has 1 amide bonds. The van der Waals surface area contributed by atoms with E-state index < -0.39 is 0 Å². The summed E-state index contributed by atoms with van der Waals surface area (Å²) in [7, 11) is 0. The maximum Gasteiger partial charge on any atom is 0.225 e. The van der Waals surface area contributed by atoms with Gasteiger partial charge in [-0.1, -0.05) is 19.3 Å². The topological polar surface area (TPSA) is 75.9 Å². The number of carbonyl (C=O) groups excluding carboxylic acids is 1. The highest BCUT2D eigenvalue weighted by atomic mass is 16.2. The number of anilines is 1. The van der Waals surface area contributed by atoms with Crippen LogP contribution in [0.3, 0.4) is 0 Å². The number of piperidine rings is 1. The maximum absolute atomic E-state index is 12.7. The van der Waals surface area contributed by atoms with E-state index in [1.54, 1.807) is 17.2 Å². The predicted octanol–water partition coefficient (Wildman–Crippen LogP) is 2.33. The monoisotopic (exact) mass is 354 g/mol. The molecule has 1 aliphatic carbocycles. The van der Waals surface area contributed by atoms with Crippen LogP contribution in [-0.2, 0) is 4.79 Å². The quantitative estimate of drug-likeness (QED) is 0.912. The average Bonchev–Trinajstić information content (AvgIpc) is 3.24. The standard InChI is InChI=1S/C19H26N6O/c26-19(23-16-7-2-1-3-8-16)15-6-4-10-24(13-15)17-12-18(21-14-20-17)25-11-5-9-22-25/h5,9,11-12,14-16H,1-4,6-8,10,13H2,(H,23,26). The van der Waals surface area contributed by atoms with Crippen LogP contribution >= 0.6 is 0 Å². The zero-order valence-corrected chi connectivity index (χ0v) is 15.0. The zero-order valence-electron chi connectivity index (χ0n) is 15.0. The Balaban J connectivity index is 1.41. The summed E-state index contributed by atoms with van der Waals surface area (Å²) >= 11 is 0. The first-order valence-corrected chi connectivity index (χ1v) is 9.67. The lowest BCUT2D eigenvalue weighted by Gasteiger charge is -2.34. The van der Waals surface area contributed by atoms with E-state index in [1.165, 1.54) is 19.3 Å². The van der Waals surface area contributed by atoms with E-state index in [4.69, 9.17) is 0 Å². The Morgan fingerprint density at radius 2 is 1.92 bits per heavy atom. The molecule has 1 saturated carbocycles. The lowest BCUT2D eigenvalue weighted by atomic mass is 9.93. The summed E-state index contributed by atoms with van der Waals surface area (Å²) in [4.78, 5) is 23.6. The van der Waals surface area contributed by atoms with E-state index in [2.05, 4.69) is 25.3 Å². The Kier molecular flexibility index (Phi) is 5.13. The van der Waals surface area contributed by atoms with Gasteiger partial charge in [0, 0.05) is 37.6 Å². The van der Waals surface area contributed by atoms with Crippen LogP contribution in [0.5, 0.6) is 0 Å². The van der Waals surface area contributed by atoms with Gasteiger partial charge in [-0.25, -0.2) is 14.6 Å². The minimum Gasteiger partial charge on any atom is -0.356 e. The first kappa shape index (κ1) is 17.0. The summed E-state index contributed by atoms with van der Waals surface area (Å²) < 4.78 is 1.72. The molecule has 0 bridgehead atoms. The summed E-state index contributed by atoms with van der Waals surface area (Å²) in [6.07, 6.45) is 13.1. The first-order chi connectivity index (χ1) is 12.8. The molecule has 1 N–H and O–H groups in total. The summed E-state index contributed by atoms with van der Waals surface area (Å²) in [5, 5.41) is 7.51. The first-order valence-electron chi connectivity index (χ1n) is 9.67. The molecule has 2 aromatic heterocycles. The van der Waals surface area contributed by atoms with Crippen LogP contribution < -0.4 is 10.2 Å². The van der Waals surface area contributed by atoms with E-state index in [1.807, 2.05) is 18.3 Å². The molecule has 0 spiro atoms. The van der Waals surface area contributed by atoms with Crippen molar-refractivity contribution < 1.29 is 4.79 Å². The van der Waals surface area contributed by atoms with Gasteiger partial charge in [0.15, 0.2) is 5.82 Å². The van der Waals surface area contributed by atoms with Crippen molar-refractivity contribution >= 4 is 11.7 Å². The van der Waals surface area contributed by atoms with Gasteiger partial charge in [0.1, 0.15) is 12.1 Å². The Morgan fingerprint density at radius 1 is 1.08 bits per heavy atom. The van der Waals surface area contributed by atoms with Crippen molar-refractivity contribution in [3.8, 4) is 5.82 Å². The van der Waals surface area contributed by atoms with Gasteiger partial charge in [0.2, 0.25) is 5.91 Å². The smallest absolute Gasteiger partial charge is 0.225 e. The summed E-state index contributed by atoms with van der Waals surface area (Å²) in [5.74, 6) is 1.85. The average molecular weight is 354 g/mol. The lowest BCUT2D eigenvalue weighted by molar-refractivity contribution is -0.126. The summed E-state index contributed by atoms with van der Waals surface area (Å²) in [6, 6.07) is 4.18. The minimum absolute atomic E-state index is 0.0359. The lowest BCUT2D eigenvalue weighted by Crippen LogP contribution is -2.46. The molecule has 2 aliphatic rings. The molecule has 2 aromatic rings. The number of rotatable bonds is 4. The van der Waals surface area contributed by atoms with Crippen LogP contribution in [-0.4, -0.2) is 44.8 Å². The van der Waals surface area contributed by atoms with Gasteiger partial charge >= 0.3 is 0 Å². The molecule has 0 radical (unpaired) electrons. The van der Waals surface area contributed by atoms with Gasteiger partial charge in [-0.15, -0.1) is 0 Å². The third-order valence-electron chi connectivity index (χ3n) is 5.45. The van der Waals surface area contributed by atoms with Crippen LogP contribution in [0, 0.1) is 5.92 Å². The van der Waals surface area contributed by atoms with Gasteiger partial charge < -0.3 is 10.2 Å². The normalized spacial score (nSPS) is 21.5. The van der Waals surface area contributed by atoms with Crippen LogP contribution in [0.1, 0.15) is 44.9 Å². The fourth-order valence-corrected chi connectivity index (χ4v) is 4.00. The molecule has 0 aromatic carbocycles. The second-order valence-corrected chi connectivity index (χ2v) is 7.31. The van der Waals surface area contributed by atoms with E-state index in [-0.39, 0.29) is 11.8 Å². The largest absolute Gasteiger partial charge is 0.356 e. The molecule has 1 aliphatic heterocycles. The van der Waals surface area contributed by atoms with Crippen LogP contribution in [0.4, 0.5) is 5.82 Å². The highest BCUT2D eigenvalue weighted by Crippen LogP contribution is 2.24. The van der Waals surface area contributed by atoms with Crippen molar-refractivity contribution in [2.24, 2.45) is 5.92 Å². The Morgan fingerprint density at radius 3 is 2.73 bits per heavy atom. The van der Waals surface area contributed by atoms with Gasteiger partial charge in [-0.05, 0) is 31.7 Å². The summed E-state index contributed by atoms with van der Waals surface area (Å²) in [6.45, 7) is 1.64. The molecule has 4 rings (SSSR count). The molecule has 7 nitrogen and oxygen atoms in total. The van der Waals surface area contributed by atoms with Crippen molar-refractivity contribution in [2.75, 3.05) is 18.0 Å².